The van der Waals surface area contributed by atoms with E-state index in [1.807, 2.05) is 37.3 Å². The summed E-state index contributed by atoms with van der Waals surface area (Å²) in [5.41, 5.74) is 2.92. The third-order valence-corrected chi connectivity index (χ3v) is 4.01. The normalized spacial score (nSPS) is 9.83. The summed E-state index contributed by atoms with van der Waals surface area (Å²) < 4.78 is 0. The minimum atomic E-state index is -0.210. The predicted octanol–water partition coefficient (Wildman–Crippen LogP) is 3.18. The Bertz CT molecular complexity index is 767. The van der Waals surface area contributed by atoms with Gasteiger partial charge in [0, 0.05) is 11.4 Å². The first-order valence-electron chi connectivity index (χ1n) is 7.31. The monoisotopic (exact) mass is 339 g/mol. The topological polar surface area (TPSA) is 82.0 Å². The van der Waals surface area contributed by atoms with Crippen LogP contribution in [-0.2, 0) is 9.59 Å². The molecule has 0 fully saturated rings. The second-order valence-electron chi connectivity index (χ2n) is 5.15. The van der Waals surface area contributed by atoms with Crippen molar-refractivity contribution < 1.29 is 9.59 Å². The van der Waals surface area contributed by atoms with Crippen molar-refractivity contribution in [2.24, 2.45) is 0 Å². The summed E-state index contributed by atoms with van der Waals surface area (Å²) in [4.78, 5) is 23.7. The molecular formula is C18H17N3O2S. The summed E-state index contributed by atoms with van der Waals surface area (Å²) in [5, 5.41) is 14.3. The Hall–Kier alpha value is -2.78. The highest BCUT2D eigenvalue weighted by atomic mass is 32.2. The molecular weight excluding hydrogens is 322 g/mol. The fourth-order valence-corrected chi connectivity index (χ4v) is 2.55. The highest BCUT2D eigenvalue weighted by molar-refractivity contribution is 8.00. The maximum absolute atomic E-state index is 11.8. The Kier molecular flexibility index (Phi) is 6.41. The van der Waals surface area contributed by atoms with Crippen molar-refractivity contribution in [2.45, 2.75) is 6.92 Å². The lowest BCUT2D eigenvalue weighted by atomic mass is 10.2. The molecule has 2 rings (SSSR count). The highest BCUT2D eigenvalue weighted by Gasteiger charge is 2.07. The summed E-state index contributed by atoms with van der Waals surface area (Å²) in [7, 11) is 0. The lowest BCUT2D eigenvalue weighted by Crippen LogP contribution is -2.18. The molecule has 2 aromatic carbocycles. The van der Waals surface area contributed by atoms with Crippen molar-refractivity contribution in [2.75, 3.05) is 22.1 Å². The van der Waals surface area contributed by atoms with E-state index in [4.69, 9.17) is 5.26 Å². The lowest BCUT2D eigenvalue weighted by Gasteiger charge is -2.07. The first kappa shape index (κ1) is 17.6. The fraction of sp³-hybridized carbons (Fsp3) is 0.167. The molecule has 0 aliphatic heterocycles. The molecule has 2 amide bonds. The van der Waals surface area contributed by atoms with Gasteiger partial charge in [-0.25, -0.2) is 0 Å². The number of hydrogen-bond donors (Lipinski definition) is 2. The van der Waals surface area contributed by atoms with Crippen LogP contribution in [0.3, 0.4) is 0 Å². The minimum Gasteiger partial charge on any atom is -0.325 e. The van der Waals surface area contributed by atoms with Gasteiger partial charge in [0.15, 0.2) is 0 Å². The van der Waals surface area contributed by atoms with Gasteiger partial charge in [0.1, 0.15) is 0 Å². The Balaban J connectivity index is 1.73. The van der Waals surface area contributed by atoms with Gasteiger partial charge in [0.2, 0.25) is 11.8 Å². The molecule has 0 saturated carbocycles. The largest absolute Gasteiger partial charge is 0.325 e. The Morgan fingerprint density at radius 2 is 1.62 bits per heavy atom. The summed E-state index contributed by atoms with van der Waals surface area (Å²) >= 11 is 1.23. The standard InChI is InChI=1S/C18H17N3O2S/c1-13-5-7-15(8-6-13)20-17(22)11-24-12-18(23)21-16-4-2-3-14(9-16)10-19/h2-9H,11-12H2,1H3,(H,20,22)(H,21,23). The highest BCUT2D eigenvalue weighted by Crippen LogP contribution is 2.12. The summed E-state index contributed by atoms with van der Waals surface area (Å²) in [5.74, 6) is -0.00109. The van der Waals surface area contributed by atoms with Crippen molar-refractivity contribution in [3.05, 3.63) is 59.7 Å². The maximum atomic E-state index is 11.8. The molecule has 0 atom stereocenters. The van der Waals surface area contributed by atoms with E-state index in [0.29, 0.717) is 11.3 Å². The molecule has 0 heterocycles. The minimum absolute atomic E-state index is 0.150. The van der Waals surface area contributed by atoms with Crippen LogP contribution in [0.5, 0.6) is 0 Å². The Morgan fingerprint density at radius 1 is 1.00 bits per heavy atom. The second-order valence-corrected chi connectivity index (χ2v) is 6.13. The summed E-state index contributed by atoms with van der Waals surface area (Å²) in [6.07, 6.45) is 0. The molecule has 0 saturated heterocycles. The Morgan fingerprint density at radius 3 is 2.25 bits per heavy atom. The SMILES string of the molecule is Cc1ccc(NC(=O)CSCC(=O)Nc2cccc(C#N)c2)cc1. The van der Waals surface area contributed by atoms with Crippen molar-refractivity contribution in [1.82, 2.24) is 0 Å². The molecule has 0 aliphatic carbocycles. The van der Waals surface area contributed by atoms with Crippen molar-refractivity contribution in [3.8, 4) is 6.07 Å². The number of aryl methyl sites for hydroxylation is 1. The van der Waals surface area contributed by atoms with Crippen LogP contribution in [0.2, 0.25) is 0 Å². The average molecular weight is 339 g/mol. The lowest BCUT2D eigenvalue weighted by molar-refractivity contribution is -0.114. The number of nitrogens with zero attached hydrogens (tertiary/aromatic N) is 1. The van der Waals surface area contributed by atoms with Crippen LogP contribution < -0.4 is 10.6 Å². The summed E-state index contributed by atoms with van der Waals surface area (Å²) in [6, 6.07) is 16.2. The summed E-state index contributed by atoms with van der Waals surface area (Å²) in [6.45, 7) is 1.98. The van der Waals surface area contributed by atoms with Crippen LogP contribution in [0.4, 0.5) is 11.4 Å². The van der Waals surface area contributed by atoms with Crippen LogP contribution in [0.15, 0.2) is 48.5 Å². The van der Waals surface area contributed by atoms with E-state index in [0.717, 1.165) is 11.3 Å². The van der Waals surface area contributed by atoms with Gasteiger partial charge in [-0.15, -0.1) is 11.8 Å². The van der Waals surface area contributed by atoms with E-state index in [1.165, 1.54) is 11.8 Å². The van der Waals surface area contributed by atoms with E-state index in [2.05, 4.69) is 10.6 Å². The Labute approximate surface area is 145 Å². The van der Waals surface area contributed by atoms with E-state index >= 15 is 0 Å². The number of nitrogens with one attached hydrogen (secondary N) is 2. The zero-order valence-electron chi connectivity index (χ0n) is 13.2. The van der Waals surface area contributed by atoms with Crippen LogP contribution in [-0.4, -0.2) is 23.3 Å². The number of thioether (sulfide) groups is 1. The van der Waals surface area contributed by atoms with Gasteiger partial charge < -0.3 is 10.6 Å². The second kappa shape index (κ2) is 8.75. The maximum Gasteiger partial charge on any atom is 0.234 e. The molecule has 0 unspecified atom stereocenters. The number of carbonyl (C=O) groups is 2. The number of amides is 2. The number of carbonyl (C=O) groups excluding carboxylic acids is 2. The zero-order chi connectivity index (χ0) is 17.4. The zero-order valence-corrected chi connectivity index (χ0v) is 14.0. The fourth-order valence-electron chi connectivity index (χ4n) is 1.93. The van der Waals surface area contributed by atoms with Gasteiger partial charge in [-0.05, 0) is 37.3 Å². The van der Waals surface area contributed by atoms with E-state index in [9.17, 15) is 9.59 Å². The molecule has 2 aromatic rings. The molecule has 0 bridgehead atoms. The van der Waals surface area contributed by atoms with E-state index in [-0.39, 0.29) is 23.3 Å². The molecule has 0 radical (unpaired) electrons. The van der Waals surface area contributed by atoms with Gasteiger partial charge >= 0.3 is 0 Å². The average Bonchev–Trinajstić information content (AvgIpc) is 2.57. The molecule has 5 nitrogen and oxygen atoms in total. The number of anilines is 2. The number of benzene rings is 2. The molecule has 2 N–H and O–H groups in total. The van der Waals surface area contributed by atoms with E-state index in [1.54, 1.807) is 24.3 Å². The molecule has 0 spiro atoms. The van der Waals surface area contributed by atoms with Crippen molar-refractivity contribution in [3.63, 3.8) is 0 Å². The van der Waals surface area contributed by atoms with Gasteiger partial charge in [-0.1, -0.05) is 23.8 Å². The van der Waals surface area contributed by atoms with Crippen LogP contribution in [0.1, 0.15) is 11.1 Å². The smallest absolute Gasteiger partial charge is 0.234 e. The van der Waals surface area contributed by atoms with Gasteiger partial charge in [-0.3, -0.25) is 9.59 Å². The number of hydrogen-bond acceptors (Lipinski definition) is 4. The van der Waals surface area contributed by atoms with Crippen LogP contribution >= 0.6 is 11.8 Å². The third-order valence-electron chi connectivity index (χ3n) is 3.08. The number of nitriles is 1. The molecule has 24 heavy (non-hydrogen) atoms. The van der Waals surface area contributed by atoms with Crippen LogP contribution in [0.25, 0.3) is 0 Å². The van der Waals surface area contributed by atoms with Gasteiger partial charge in [0.25, 0.3) is 0 Å². The predicted molar refractivity (Wildman–Crippen MR) is 96.9 cm³/mol. The first-order chi connectivity index (χ1) is 11.6. The third kappa shape index (κ3) is 5.78. The quantitative estimate of drug-likeness (QED) is 0.847. The van der Waals surface area contributed by atoms with Crippen molar-refractivity contribution >= 4 is 35.0 Å². The molecule has 0 aromatic heterocycles. The van der Waals surface area contributed by atoms with Crippen LogP contribution in [0, 0.1) is 18.3 Å². The molecule has 6 heteroatoms. The number of rotatable bonds is 6. The van der Waals surface area contributed by atoms with Crippen molar-refractivity contribution in [1.29, 1.82) is 5.26 Å². The van der Waals surface area contributed by atoms with Gasteiger partial charge in [-0.2, -0.15) is 5.26 Å². The van der Waals surface area contributed by atoms with E-state index < -0.39 is 0 Å². The molecule has 0 aliphatic rings. The first-order valence-corrected chi connectivity index (χ1v) is 8.46. The molecule has 122 valence electrons. The van der Waals surface area contributed by atoms with Gasteiger partial charge in [0.05, 0.1) is 23.1 Å².